The summed E-state index contributed by atoms with van der Waals surface area (Å²) in [6, 6.07) is 3.78. The lowest BCUT2D eigenvalue weighted by molar-refractivity contribution is 0.111. The number of H-pyrrole nitrogens is 1. The number of benzene rings is 1. The normalized spacial score (nSPS) is 10.6. The van der Waals surface area contributed by atoms with Gasteiger partial charge in [0, 0.05) is 9.86 Å². The Kier molecular flexibility index (Phi) is 2.52. The molecule has 0 aliphatic rings. The number of methoxy groups -OCH3 is 1. The first-order valence-corrected chi connectivity index (χ1v) is 5.27. The van der Waals surface area contributed by atoms with Crippen LogP contribution < -0.4 is 4.74 Å². The maximum atomic E-state index is 10.8. The predicted molar refractivity (Wildman–Crippen MR) is 62.7 cm³/mol. The Balaban J connectivity index is 2.83. The topological polar surface area (TPSA) is 42.1 Å². The molecule has 0 fully saturated rings. The van der Waals surface area contributed by atoms with Crippen LogP contribution in [0.4, 0.5) is 0 Å². The summed E-state index contributed by atoms with van der Waals surface area (Å²) in [6.45, 7) is 1.91. The molecule has 4 heteroatoms. The van der Waals surface area contributed by atoms with Crippen LogP contribution in [0.25, 0.3) is 10.9 Å². The molecule has 2 aromatic rings. The smallest absolute Gasteiger partial charge is 0.166 e. The van der Waals surface area contributed by atoms with E-state index in [0.29, 0.717) is 5.69 Å². The molecule has 1 N–H and O–H groups in total. The van der Waals surface area contributed by atoms with Gasteiger partial charge in [-0.05, 0) is 40.5 Å². The van der Waals surface area contributed by atoms with E-state index in [1.165, 1.54) is 0 Å². The first-order chi connectivity index (χ1) is 7.17. The van der Waals surface area contributed by atoms with E-state index < -0.39 is 0 Å². The van der Waals surface area contributed by atoms with E-state index in [1.807, 2.05) is 19.1 Å². The van der Waals surface area contributed by atoms with Crippen molar-refractivity contribution in [3.8, 4) is 5.75 Å². The summed E-state index contributed by atoms with van der Waals surface area (Å²) in [5, 5.41) is 1.00. The van der Waals surface area contributed by atoms with Crippen molar-refractivity contribution in [2.24, 2.45) is 0 Å². The van der Waals surface area contributed by atoms with Crippen molar-refractivity contribution in [1.29, 1.82) is 0 Å². The molecule has 0 spiro atoms. The van der Waals surface area contributed by atoms with Crippen LogP contribution in [0, 0.1) is 6.92 Å². The van der Waals surface area contributed by atoms with Crippen LogP contribution >= 0.6 is 15.9 Å². The highest BCUT2D eigenvalue weighted by Gasteiger charge is 2.10. The number of fused-ring (bicyclic) bond motifs is 1. The molecule has 1 heterocycles. The molecule has 15 heavy (non-hydrogen) atoms. The van der Waals surface area contributed by atoms with E-state index in [4.69, 9.17) is 4.74 Å². The van der Waals surface area contributed by atoms with Crippen LogP contribution in [0.3, 0.4) is 0 Å². The lowest BCUT2D eigenvalue weighted by Crippen LogP contribution is -1.83. The van der Waals surface area contributed by atoms with E-state index in [2.05, 4.69) is 20.9 Å². The van der Waals surface area contributed by atoms with Crippen LogP contribution in [0.2, 0.25) is 0 Å². The third kappa shape index (κ3) is 1.55. The number of aldehydes is 1. The number of nitrogens with one attached hydrogen (secondary N) is 1. The molecule has 2 rings (SSSR count). The molecular weight excluding hydrogens is 258 g/mol. The van der Waals surface area contributed by atoms with Gasteiger partial charge in [-0.2, -0.15) is 0 Å². The van der Waals surface area contributed by atoms with Gasteiger partial charge in [-0.25, -0.2) is 0 Å². The number of aromatic nitrogens is 1. The Labute approximate surface area is 95.6 Å². The number of aryl methyl sites for hydroxylation is 1. The highest BCUT2D eigenvalue weighted by atomic mass is 79.9. The molecule has 0 radical (unpaired) electrons. The zero-order chi connectivity index (χ0) is 11.0. The molecule has 0 saturated heterocycles. The van der Waals surface area contributed by atoms with Crippen LogP contribution in [-0.4, -0.2) is 18.4 Å². The maximum absolute atomic E-state index is 10.8. The third-order valence-electron chi connectivity index (χ3n) is 2.48. The fraction of sp³-hybridized carbons (Fsp3) is 0.182. The van der Waals surface area contributed by atoms with Crippen LogP contribution in [0.1, 0.15) is 16.1 Å². The minimum Gasteiger partial charge on any atom is -0.497 e. The van der Waals surface area contributed by atoms with Crippen molar-refractivity contribution >= 4 is 33.1 Å². The quantitative estimate of drug-likeness (QED) is 0.850. The molecule has 0 unspecified atom stereocenters. The van der Waals surface area contributed by atoms with Gasteiger partial charge in [0.15, 0.2) is 6.29 Å². The Morgan fingerprint density at radius 1 is 1.47 bits per heavy atom. The predicted octanol–water partition coefficient (Wildman–Crippen LogP) is 3.06. The molecule has 3 nitrogen and oxygen atoms in total. The SMILES string of the molecule is COc1cc(Br)c2[nH]c(C=O)c(C)c2c1. The van der Waals surface area contributed by atoms with Crippen molar-refractivity contribution < 1.29 is 9.53 Å². The lowest BCUT2D eigenvalue weighted by Gasteiger charge is -2.01. The van der Waals surface area contributed by atoms with Gasteiger partial charge >= 0.3 is 0 Å². The van der Waals surface area contributed by atoms with Crippen molar-refractivity contribution in [1.82, 2.24) is 4.98 Å². The first kappa shape index (κ1) is 10.2. The maximum Gasteiger partial charge on any atom is 0.166 e. The molecule has 0 aliphatic heterocycles. The summed E-state index contributed by atoms with van der Waals surface area (Å²) < 4.78 is 6.07. The largest absolute Gasteiger partial charge is 0.497 e. The molecule has 0 bridgehead atoms. The zero-order valence-corrected chi connectivity index (χ0v) is 10.0. The van der Waals surface area contributed by atoms with Crippen LogP contribution in [0.15, 0.2) is 16.6 Å². The summed E-state index contributed by atoms with van der Waals surface area (Å²) in [7, 11) is 1.62. The Morgan fingerprint density at radius 3 is 2.80 bits per heavy atom. The number of hydrogen-bond donors (Lipinski definition) is 1. The fourth-order valence-corrected chi connectivity index (χ4v) is 2.15. The highest BCUT2D eigenvalue weighted by Crippen LogP contribution is 2.31. The number of rotatable bonds is 2. The average molecular weight is 268 g/mol. The minimum absolute atomic E-state index is 0.610. The van der Waals surface area contributed by atoms with E-state index in [9.17, 15) is 4.79 Å². The number of halogens is 1. The number of hydrogen-bond acceptors (Lipinski definition) is 2. The highest BCUT2D eigenvalue weighted by molar-refractivity contribution is 9.10. The number of carbonyl (C=O) groups excluding carboxylic acids is 1. The third-order valence-corrected chi connectivity index (χ3v) is 3.11. The Bertz CT molecular complexity index is 531. The Morgan fingerprint density at radius 2 is 2.20 bits per heavy atom. The summed E-state index contributed by atoms with van der Waals surface area (Å²) in [5.74, 6) is 0.772. The Hall–Kier alpha value is -1.29. The number of aromatic amines is 1. The van der Waals surface area contributed by atoms with Gasteiger partial charge < -0.3 is 9.72 Å². The van der Waals surface area contributed by atoms with Crippen molar-refractivity contribution in [2.75, 3.05) is 7.11 Å². The van der Waals surface area contributed by atoms with Gasteiger partial charge in [-0.3, -0.25) is 4.79 Å². The fourth-order valence-electron chi connectivity index (χ4n) is 1.61. The van der Waals surface area contributed by atoms with Crippen LogP contribution in [0.5, 0.6) is 5.75 Å². The standard InChI is InChI=1S/C11H10BrNO2/c1-6-8-3-7(15-2)4-9(12)11(8)13-10(6)5-14/h3-5,13H,1-2H3. The van der Waals surface area contributed by atoms with Gasteiger partial charge in [0.05, 0.1) is 18.3 Å². The van der Waals surface area contributed by atoms with Gasteiger partial charge in [0.1, 0.15) is 5.75 Å². The second-order valence-corrected chi connectivity index (χ2v) is 4.17. The van der Waals surface area contributed by atoms with Gasteiger partial charge in [-0.1, -0.05) is 0 Å². The van der Waals surface area contributed by atoms with Crippen molar-refractivity contribution in [2.45, 2.75) is 6.92 Å². The second kappa shape index (κ2) is 3.70. The van der Waals surface area contributed by atoms with E-state index in [1.54, 1.807) is 7.11 Å². The number of ether oxygens (including phenoxy) is 1. The summed E-state index contributed by atoms with van der Waals surface area (Å²) in [4.78, 5) is 13.8. The van der Waals surface area contributed by atoms with Gasteiger partial charge in [0.2, 0.25) is 0 Å². The van der Waals surface area contributed by atoms with Gasteiger partial charge in [-0.15, -0.1) is 0 Å². The molecule has 1 aromatic carbocycles. The van der Waals surface area contributed by atoms with E-state index in [-0.39, 0.29) is 0 Å². The molecule has 0 atom stereocenters. The van der Waals surface area contributed by atoms with Crippen molar-refractivity contribution in [3.05, 3.63) is 27.9 Å². The molecular formula is C11H10BrNO2. The number of carbonyl (C=O) groups is 1. The summed E-state index contributed by atoms with van der Waals surface area (Å²) >= 11 is 3.44. The zero-order valence-electron chi connectivity index (χ0n) is 8.43. The summed E-state index contributed by atoms with van der Waals surface area (Å²) in [6.07, 6.45) is 0.828. The second-order valence-electron chi connectivity index (χ2n) is 3.31. The monoisotopic (exact) mass is 267 g/mol. The molecule has 78 valence electrons. The van der Waals surface area contributed by atoms with E-state index >= 15 is 0 Å². The summed E-state index contributed by atoms with van der Waals surface area (Å²) in [5.41, 5.74) is 2.48. The molecule has 0 saturated carbocycles. The average Bonchev–Trinajstić information content (AvgIpc) is 2.56. The first-order valence-electron chi connectivity index (χ1n) is 4.48. The minimum atomic E-state index is 0.610. The van der Waals surface area contributed by atoms with Crippen LogP contribution in [-0.2, 0) is 0 Å². The van der Waals surface area contributed by atoms with E-state index in [0.717, 1.165) is 33.0 Å². The lowest BCUT2D eigenvalue weighted by atomic mass is 10.1. The van der Waals surface area contributed by atoms with Crippen molar-refractivity contribution in [3.63, 3.8) is 0 Å². The molecule has 0 amide bonds. The molecule has 1 aromatic heterocycles. The van der Waals surface area contributed by atoms with Gasteiger partial charge in [0.25, 0.3) is 0 Å². The molecule has 0 aliphatic carbocycles.